The normalized spacial score (nSPS) is 19.9. The molecule has 1 nitrogen and oxygen atoms in total. The zero-order valence-corrected chi connectivity index (χ0v) is 23.5. The molecule has 10 aromatic rings. The summed E-state index contributed by atoms with van der Waals surface area (Å²) >= 11 is 0. The number of ether oxygens (including phenoxy) is 1. The van der Waals surface area contributed by atoms with Gasteiger partial charge in [-0.1, -0.05) is 139 Å². The third kappa shape index (κ3) is 3.43. The van der Waals surface area contributed by atoms with Crippen molar-refractivity contribution in [2.45, 2.75) is 0 Å². The summed E-state index contributed by atoms with van der Waals surface area (Å²) in [7, 11) is 0. The lowest BCUT2D eigenvalue weighted by molar-refractivity contribution is 0.488. The molecule has 0 N–H and O–H groups in total. The first-order valence-corrected chi connectivity index (χ1v) is 14.2. The van der Waals surface area contributed by atoms with Crippen LogP contribution < -0.4 is 4.74 Å². The molecule has 1 heterocycles. The summed E-state index contributed by atoms with van der Waals surface area (Å²) in [5.41, 5.74) is -2.86. The van der Waals surface area contributed by atoms with E-state index in [9.17, 15) is 13.7 Å². The first kappa shape index (κ1) is 11.3. The van der Waals surface area contributed by atoms with Crippen LogP contribution in [0.5, 0.6) is 11.5 Å². The second-order valence-electron chi connectivity index (χ2n) is 10.9. The van der Waals surface area contributed by atoms with Gasteiger partial charge in [-0.15, -0.1) is 0 Å². The van der Waals surface area contributed by atoms with E-state index in [-0.39, 0.29) is 54.2 Å². The van der Waals surface area contributed by atoms with E-state index >= 15 is 0 Å². The minimum atomic E-state index is -0.931. The number of rotatable bonds is 2. The van der Waals surface area contributed by atoms with E-state index < -0.39 is 206 Å². The predicted molar refractivity (Wildman–Crippen MR) is 199 cm³/mol. The van der Waals surface area contributed by atoms with Crippen LogP contribution in [0.4, 0.5) is 0 Å². The third-order valence-corrected chi connectivity index (χ3v) is 8.43. The van der Waals surface area contributed by atoms with Crippen LogP contribution in [0.1, 0.15) is 34.3 Å². The lowest BCUT2D eigenvalue weighted by atomic mass is 9.86. The number of hydrogen-bond donors (Lipinski definition) is 0. The molecular weight excluding hydrogens is 569 g/mol. The van der Waals surface area contributed by atoms with Crippen LogP contribution >= 0.6 is 0 Å². The molecule has 0 saturated carbocycles. The molecule has 0 amide bonds. The fourth-order valence-electron chi connectivity index (χ4n) is 6.39. The van der Waals surface area contributed by atoms with Crippen LogP contribution in [0.2, 0.25) is 0 Å². The zero-order valence-electron chi connectivity index (χ0n) is 48.5. The molecule has 0 aliphatic carbocycles. The Morgan fingerprint density at radius 1 is 0.340 bits per heavy atom. The molecule has 1 heteroatoms. The van der Waals surface area contributed by atoms with E-state index in [2.05, 4.69) is 0 Å². The average molecular weight is 620 g/mol. The minimum absolute atomic E-state index is 0.237. The van der Waals surface area contributed by atoms with Gasteiger partial charge in [0.2, 0.25) is 0 Å². The maximum absolute atomic E-state index is 9.72. The Kier molecular flexibility index (Phi) is 2.20. The van der Waals surface area contributed by atoms with Gasteiger partial charge in [0.15, 0.2) is 0 Å². The lowest BCUT2D eigenvalue weighted by Crippen LogP contribution is -1.98. The molecule has 1 aliphatic rings. The average Bonchev–Trinajstić information content (AvgIpc) is 3.34. The number of benzene rings is 10. The van der Waals surface area contributed by atoms with E-state index in [1.54, 1.807) is 0 Å². The lowest BCUT2D eigenvalue weighted by Gasteiger charge is -2.23. The molecule has 0 aromatic heterocycles. The second-order valence-corrected chi connectivity index (χ2v) is 10.9. The van der Waals surface area contributed by atoms with Gasteiger partial charge in [0, 0.05) is 10.9 Å². The predicted octanol–water partition coefficient (Wildman–Crippen LogP) is 13.2. The van der Waals surface area contributed by atoms with Gasteiger partial charge in [0.25, 0.3) is 0 Å². The van der Waals surface area contributed by atoms with Crippen molar-refractivity contribution in [3.05, 3.63) is 157 Å². The maximum Gasteiger partial charge on any atom is 0.136 e. The summed E-state index contributed by atoms with van der Waals surface area (Å²) in [6.45, 7) is 0. The van der Waals surface area contributed by atoms with Gasteiger partial charge in [0.1, 0.15) is 11.5 Å². The number of fused-ring (bicyclic) bond motifs is 5. The van der Waals surface area contributed by atoms with E-state index in [0.29, 0.717) is 0 Å². The summed E-state index contributed by atoms with van der Waals surface area (Å²) in [5, 5.41) is -4.63. The number of hydrogen-bond acceptors (Lipinski definition) is 1. The van der Waals surface area contributed by atoms with Gasteiger partial charge in [-0.3, -0.25) is 0 Å². The van der Waals surface area contributed by atoms with Crippen molar-refractivity contribution in [1.82, 2.24) is 0 Å². The monoisotopic (exact) mass is 619 g/mol. The maximum atomic E-state index is 9.72. The SMILES string of the molecule is [2H]c1c(-c2c([2H])c([2H])c(-c3c([2H])c([2H])c4c([2H])c([2H])c5c([2H])c([2H])c([2H])c6c([2H])c([2H])c3c4c56)c3c([2H])c([2H])c([2H])c([2H])c23)cc2c(c1[2H])Oc1c([2H])c3c([2H])c([2H])c([2H])c([2H])c3c3c([2H])c([2H])c([2H])c-2c13. The Labute approximate surface area is 306 Å². The van der Waals surface area contributed by atoms with Crippen molar-refractivity contribution in [1.29, 1.82) is 0 Å². The van der Waals surface area contributed by atoms with Crippen LogP contribution in [0.15, 0.2) is 157 Å². The van der Waals surface area contributed by atoms with Gasteiger partial charge < -0.3 is 4.74 Å². The molecule has 0 fully saturated rings. The largest absolute Gasteiger partial charge is 0.456 e. The smallest absolute Gasteiger partial charge is 0.136 e. The Balaban J connectivity index is 1.33. The van der Waals surface area contributed by atoms with Crippen LogP contribution in [-0.4, -0.2) is 0 Å². The molecule has 0 unspecified atom stereocenters. The van der Waals surface area contributed by atoms with Crippen molar-refractivity contribution in [2.75, 3.05) is 0 Å². The van der Waals surface area contributed by atoms with Crippen molar-refractivity contribution < 1.29 is 39.0 Å². The fraction of sp³-hybridized carbons (Fsp3) is 0. The highest BCUT2D eigenvalue weighted by atomic mass is 16.5. The van der Waals surface area contributed by atoms with E-state index in [1.165, 1.54) is 0 Å². The van der Waals surface area contributed by atoms with Gasteiger partial charge in [-0.05, 0) is 105 Å². The van der Waals surface area contributed by atoms with Gasteiger partial charge in [0.05, 0.1) is 34.3 Å². The molecule has 0 saturated heterocycles. The molecule has 1 aliphatic heterocycles. The standard InChI is InChI=1S/C46H26O/c1-2-10-32-30(7-1)26-43-46-38(32)13-6-14-39(46)41-25-31(19-24-42(41)47-43)33-22-23-36(35-12-4-3-11-34(33)35)37-20-17-29-16-15-27-8-5-9-28-18-21-40(37)45(29)44(27)28/h1-26H/i1D,2D,3D,4D,5D,6D,7D,8D,9D,10D,11D,12D,13D,14D,15D,16D,17D,18D,19D,20D,21D,22D,23D,24D,26D. The summed E-state index contributed by atoms with van der Waals surface area (Å²) < 4.78 is 232. The van der Waals surface area contributed by atoms with E-state index in [1.807, 2.05) is 0 Å². The summed E-state index contributed by atoms with van der Waals surface area (Å²) in [5.74, 6) is -0.964. The molecule has 0 radical (unpaired) electrons. The van der Waals surface area contributed by atoms with Crippen molar-refractivity contribution in [3.63, 3.8) is 0 Å². The van der Waals surface area contributed by atoms with E-state index in [0.717, 1.165) is 6.07 Å². The highest BCUT2D eigenvalue weighted by Crippen LogP contribution is 2.50. The van der Waals surface area contributed by atoms with Gasteiger partial charge >= 0.3 is 0 Å². The third-order valence-electron chi connectivity index (χ3n) is 8.43. The van der Waals surface area contributed by atoms with Crippen LogP contribution in [-0.2, 0) is 0 Å². The Morgan fingerprint density at radius 3 is 1.83 bits per heavy atom. The highest BCUT2D eigenvalue weighted by Gasteiger charge is 2.23. The summed E-state index contributed by atoms with van der Waals surface area (Å²) in [6.07, 6.45) is 0. The van der Waals surface area contributed by atoms with Crippen LogP contribution in [0, 0.1) is 0 Å². The van der Waals surface area contributed by atoms with Crippen molar-refractivity contribution in [3.8, 4) is 44.9 Å². The topological polar surface area (TPSA) is 9.23 Å². The van der Waals surface area contributed by atoms with Crippen LogP contribution in [0.25, 0.3) is 98.0 Å². The molecule has 0 spiro atoms. The first-order valence-electron chi connectivity index (χ1n) is 26.7. The van der Waals surface area contributed by atoms with Crippen molar-refractivity contribution in [2.24, 2.45) is 0 Å². The summed E-state index contributed by atoms with van der Waals surface area (Å²) in [4.78, 5) is 0. The fourth-order valence-corrected chi connectivity index (χ4v) is 6.39. The Bertz CT molecular complexity index is 4330. The zero-order chi connectivity index (χ0) is 52.4. The minimum Gasteiger partial charge on any atom is -0.456 e. The quantitative estimate of drug-likeness (QED) is 0.175. The molecule has 11 rings (SSSR count). The molecule has 47 heavy (non-hydrogen) atoms. The summed E-state index contributed by atoms with van der Waals surface area (Å²) in [6, 6.07) is -18.0. The van der Waals surface area contributed by atoms with Crippen molar-refractivity contribution >= 4 is 64.6 Å². The Morgan fingerprint density at radius 2 is 0.957 bits per heavy atom. The first-order chi connectivity index (χ1) is 33.7. The Hall–Kier alpha value is -6.18. The second kappa shape index (κ2) is 9.19. The van der Waals surface area contributed by atoms with Crippen LogP contribution in [0.3, 0.4) is 0 Å². The molecule has 216 valence electrons. The molecule has 0 atom stereocenters. The molecule has 10 aromatic carbocycles. The molecule has 0 bridgehead atoms. The van der Waals surface area contributed by atoms with E-state index in [4.69, 9.17) is 25.3 Å². The van der Waals surface area contributed by atoms with Gasteiger partial charge in [-0.2, -0.15) is 0 Å². The van der Waals surface area contributed by atoms with Gasteiger partial charge in [-0.25, -0.2) is 0 Å². The highest BCUT2D eigenvalue weighted by molar-refractivity contribution is 6.26. The molecular formula is C46H26O.